The lowest BCUT2D eigenvalue weighted by Gasteiger charge is -2.10. The van der Waals surface area contributed by atoms with Crippen molar-refractivity contribution < 1.29 is 4.42 Å². The van der Waals surface area contributed by atoms with Crippen molar-refractivity contribution >= 4 is 96.9 Å². The molecule has 7 aromatic carbocycles. The Hall–Kier alpha value is -6.04. The second kappa shape index (κ2) is 9.25. The Labute approximate surface area is 271 Å². The highest BCUT2D eigenvalue weighted by Gasteiger charge is 2.22. The van der Waals surface area contributed by atoms with E-state index in [0.717, 1.165) is 38.8 Å². The first-order chi connectivity index (χ1) is 23.3. The molecular formula is C42H23N3OS. The number of para-hydroxylation sites is 1. The molecule has 0 fully saturated rings. The summed E-state index contributed by atoms with van der Waals surface area (Å²) in [5.41, 5.74) is 6.26. The summed E-state index contributed by atoms with van der Waals surface area (Å²) < 4.78 is 11.3. The minimum absolute atomic E-state index is 0.625. The van der Waals surface area contributed by atoms with Gasteiger partial charge >= 0.3 is 0 Å². The van der Waals surface area contributed by atoms with Gasteiger partial charge in [-0.1, -0.05) is 91.0 Å². The first-order valence-corrected chi connectivity index (χ1v) is 16.6. The molecular weight excluding hydrogens is 595 g/mol. The van der Waals surface area contributed by atoms with Crippen LogP contribution in [0.3, 0.4) is 0 Å². The van der Waals surface area contributed by atoms with Crippen molar-refractivity contribution in [3.8, 4) is 17.2 Å². The first kappa shape index (κ1) is 25.2. The summed E-state index contributed by atoms with van der Waals surface area (Å²) in [5, 5.41) is 10.7. The fraction of sp³-hybridized carbons (Fsp3) is 0. The van der Waals surface area contributed by atoms with Gasteiger partial charge in [0.1, 0.15) is 16.8 Å². The van der Waals surface area contributed by atoms with Crippen LogP contribution >= 0.6 is 11.3 Å². The molecule has 0 aliphatic heterocycles. The van der Waals surface area contributed by atoms with Crippen molar-refractivity contribution in [1.29, 1.82) is 0 Å². The molecule has 0 amide bonds. The molecule has 4 aromatic heterocycles. The highest BCUT2D eigenvalue weighted by molar-refractivity contribution is 7.25. The van der Waals surface area contributed by atoms with Crippen LogP contribution in [-0.2, 0) is 0 Å². The third-order valence-corrected chi connectivity index (χ3v) is 10.7. The summed E-state index contributed by atoms with van der Waals surface area (Å²) in [4.78, 5) is 10.7. The third kappa shape index (κ3) is 3.52. The van der Waals surface area contributed by atoms with Crippen LogP contribution in [0.5, 0.6) is 0 Å². The van der Waals surface area contributed by atoms with E-state index in [9.17, 15) is 0 Å². The van der Waals surface area contributed by atoms with Crippen LogP contribution in [0.2, 0.25) is 0 Å². The quantitative estimate of drug-likeness (QED) is 0.194. The maximum atomic E-state index is 6.55. The molecule has 0 radical (unpaired) electrons. The predicted molar refractivity (Wildman–Crippen MR) is 197 cm³/mol. The maximum absolute atomic E-state index is 6.55. The Balaban J connectivity index is 1.30. The maximum Gasteiger partial charge on any atom is 0.236 e. The van der Waals surface area contributed by atoms with Gasteiger partial charge in [0.2, 0.25) is 5.95 Å². The number of nitrogens with zero attached hydrogens (tertiary/aromatic N) is 3. The van der Waals surface area contributed by atoms with Gasteiger partial charge in [0.05, 0.1) is 11.0 Å². The topological polar surface area (TPSA) is 43.9 Å². The molecule has 0 aliphatic rings. The van der Waals surface area contributed by atoms with E-state index in [-0.39, 0.29) is 0 Å². The largest absolute Gasteiger partial charge is 0.452 e. The summed E-state index contributed by atoms with van der Waals surface area (Å²) in [7, 11) is 0. The van der Waals surface area contributed by atoms with Gasteiger partial charge in [-0.2, -0.15) is 0 Å². The van der Waals surface area contributed by atoms with Gasteiger partial charge in [-0.3, -0.25) is 4.57 Å². The lowest BCUT2D eigenvalue weighted by Crippen LogP contribution is -2.03. The number of hydrogen-bond acceptors (Lipinski definition) is 4. The van der Waals surface area contributed by atoms with Gasteiger partial charge in [-0.05, 0) is 70.1 Å². The molecule has 0 saturated carbocycles. The summed E-state index contributed by atoms with van der Waals surface area (Å²) in [6.45, 7) is 0. The van der Waals surface area contributed by atoms with Gasteiger partial charge in [-0.25, -0.2) is 9.97 Å². The van der Waals surface area contributed by atoms with E-state index in [1.54, 1.807) is 0 Å². The molecule has 0 bridgehead atoms. The number of benzene rings is 7. The van der Waals surface area contributed by atoms with Crippen LogP contribution in [-0.4, -0.2) is 14.5 Å². The average Bonchev–Trinajstić information content (AvgIpc) is 3.79. The monoisotopic (exact) mass is 617 g/mol. The Bertz CT molecular complexity index is 3090. The van der Waals surface area contributed by atoms with Crippen molar-refractivity contribution in [2.75, 3.05) is 0 Å². The molecule has 0 unspecified atom stereocenters. The lowest BCUT2D eigenvalue weighted by molar-refractivity contribution is 0.666. The van der Waals surface area contributed by atoms with Gasteiger partial charge in [0.25, 0.3) is 0 Å². The van der Waals surface area contributed by atoms with Gasteiger partial charge in [0.15, 0.2) is 5.58 Å². The second-order valence-electron chi connectivity index (χ2n) is 12.2. The number of hydrogen-bond donors (Lipinski definition) is 0. The number of rotatable bonds is 2. The Morgan fingerprint density at radius 1 is 0.511 bits per heavy atom. The molecule has 11 rings (SSSR count). The summed E-state index contributed by atoms with van der Waals surface area (Å²) in [5.74, 6) is 0.625. The standard InChI is InChI=1S/C42H23N3OS/c1-2-11-26-23-34-32(21-25(26)10-1)38-28-12-4-3-9-24(28)17-19-33(38)45(34)42-43-39(41-40(44-42)30-14-5-7-15-35(30)46-41)27-18-20-37-31(22-27)29-13-6-8-16-36(29)47-37/h1-23H. The van der Waals surface area contributed by atoms with Crippen LogP contribution in [0.15, 0.2) is 144 Å². The van der Waals surface area contributed by atoms with Gasteiger partial charge in [-0.15, -0.1) is 11.3 Å². The predicted octanol–water partition coefficient (Wildman–Crippen LogP) is 11.8. The van der Waals surface area contributed by atoms with E-state index in [0.29, 0.717) is 11.5 Å². The van der Waals surface area contributed by atoms with Crippen LogP contribution in [0.25, 0.3) is 103 Å². The van der Waals surface area contributed by atoms with Crippen molar-refractivity contribution in [3.05, 3.63) is 140 Å². The molecule has 0 atom stereocenters. The highest BCUT2D eigenvalue weighted by atomic mass is 32.1. The molecule has 0 saturated heterocycles. The van der Waals surface area contributed by atoms with Crippen LogP contribution in [0.1, 0.15) is 0 Å². The minimum atomic E-state index is 0.625. The van der Waals surface area contributed by atoms with Gasteiger partial charge in [0, 0.05) is 41.9 Å². The lowest BCUT2D eigenvalue weighted by atomic mass is 10.0. The number of thiophene rings is 1. The van der Waals surface area contributed by atoms with Crippen molar-refractivity contribution in [2.24, 2.45) is 0 Å². The van der Waals surface area contributed by atoms with Crippen molar-refractivity contribution in [1.82, 2.24) is 14.5 Å². The Morgan fingerprint density at radius 2 is 1.23 bits per heavy atom. The molecule has 0 spiro atoms. The fourth-order valence-electron chi connectivity index (χ4n) is 7.44. The minimum Gasteiger partial charge on any atom is -0.452 e. The van der Waals surface area contributed by atoms with Crippen molar-refractivity contribution in [3.63, 3.8) is 0 Å². The third-order valence-electron chi connectivity index (χ3n) is 9.58. The van der Waals surface area contributed by atoms with Crippen LogP contribution in [0.4, 0.5) is 0 Å². The number of furan rings is 1. The van der Waals surface area contributed by atoms with E-state index in [1.807, 2.05) is 29.5 Å². The normalized spacial score (nSPS) is 12.3. The summed E-state index contributed by atoms with van der Waals surface area (Å²) in [6.07, 6.45) is 0. The molecule has 0 aliphatic carbocycles. The highest BCUT2D eigenvalue weighted by Crippen LogP contribution is 2.42. The zero-order valence-electron chi connectivity index (χ0n) is 24.9. The van der Waals surface area contributed by atoms with Crippen LogP contribution in [0, 0.1) is 0 Å². The van der Waals surface area contributed by atoms with E-state index >= 15 is 0 Å². The molecule has 4 heterocycles. The van der Waals surface area contributed by atoms with E-state index < -0.39 is 0 Å². The Kier molecular flexibility index (Phi) is 4.96. The molecule has 218 valence electrons. The van der Waals surface area contributed by atoms with E-state index in [4.69, 9.17) is 14.4 Å². The Morgan fingerprint density at radius 3 is 2.13 bits per heavy atom. The molecule has 5 heteroatoms. The number of aromatic nitrogens is 3. The number of fused-ring (bicyclic) bond motifs is 12. The van der Waals surface area contributed by atoms with Crippen LogP contribution < -0.4 is 0 Å². The fourth-order valence-corrected chi connectivity index (χ4v) is 8.52. The van der Waals surface area contributed by atoms with E-state index in [1.165, 1.54) is 52.5 Å². The molecule has 4 nitrogen and oxygen atoms in total. The first-order valence-electron chi connectivity index (χ1n) is 15.7. The zero-order chi connectivity index (χ0) is 30.6. The zero-order valence-corrected chi connectivity index (χ0v) is 25.8. The molecule has 11 aromatic rings. The molecule has 0 N–H and O–H groups in total. The van der Waals surface area contributed by atoms with E-state index in [2.05, 4.69) is 126 Å². The molecule has 47 heavy (non-hydrogen) atoms. The second-order valence-corrected chi connectivity index (χ2v) is 13.3. The summed E-state index contributed by atoms with van der Waals surface area (Å²) >= 11 is 1.82. The van der Waals surface area contributed by atoms with Crippen molar-refractivity contribution in [2.45, 2.75) is 0 Å². The average molecular weight is 618 g/mol. The SMILES string of the molecule is c1ccc2cc3c(cc2c1)c1c2ccccc2ccc1n3-c1nc(-c2ccc3sc4ccccc4c3c2)c2oc3ccccc3c2n1. The summed E-state index contributed by atoms with van der Waals surface area (Å²) in [6, 6.07) is 49.6. The smallest absolute Gasteiger partial charge is 0.236 e. The van der Waals surface area contributed by atoms with Gasteiger partial charge < -0.3 is 4.42 Å².